The highest BCUT2D eigenvalue weighted by atomic mass is 15.2. The zero-order chi connectivity index (χ0) is 12.0. The highest BCUT2D eigenvalue weighted by Crippen LogP contribution is 2.16. The molecule has 1 aromatic heterocycles. The normalized spacial score (nSPS) is 10.2. The number of anilines is 1. The fraction of sp³-hybridized carbons (Fsp3) is 0.583. The van der Waals surface area contributed by atoms with Crippen LogP contribution in [0.5, 0.6) is 0 Å². The molecule has 0 N–H and O–H groups in total. The first-order chi connectivity index (χ1) is 7.69. The van der Waals surface area contributed by atoms with Crippen molar-refractivity contribution in [1.29, 1.82) is 5.26 Å². The Morgan fingerprint density at radius 1 is 1.44 bits per heavy atom. The summed E-state index contributed by atoms with van der Waals surface area (Å²) in [4.78, 5) is 10.6. The van der Waals surface area contributed by atoms with E-state index >= 15 is 0 Å². The highest BCUT2D eigenvalue weighted by Gasteiger charge is 2.08. The van der Waals surface area contributed by atoms with Crippen LogP contribution in [0.3, 0.4) is 0 Å². The van der Waals surface area contributed by atoms with Crippen LogP contribution in [0.25, 0.3) is 0 Å². The van der Waals surface area contributed by atoms with Gasteiger partial charge in [0.2, 0.25) is 0 Å². The molecule has 4 nitrogen and oxygen atoms in total. The average molecular weight is 218 g/mol. The van der Waals surface area contributed by atoms with E-state index in [-0.39, 0.29) is 0 Å². The van der Waals surface area contributed by atoms with Crippen molar-refractivity contribution in [1.82, 2.24) is 9.97 Å². The van der Waals surface area contributed by atoms with Gasteiger partial charge in [0.05, 0.1) is 12.5 Å². The predicted molar refractivity (Wildman–Crippen MR) is 64.2 cm³/mol. The number of hydrogen-bond acceptors (Lipinski definition) is 4. The van der Waals surface area contributed by atoms with Crippen LogP contribution in [0.15, 0.2) is 12.4 Å². The molecule has 0 radical (unpaired) electrons. The van der Waals surface area contributed by atoms with Crippen LogP contribution in [-0.2, 0) is 0 Å². The molecule has 0 unspecified atom stereocenters. The minimum Gasteiger partial charge on any atom is -0.356 e. The number of nitriles is 1. The molecule has 16 heavy (non-hydrogen) atoms. The summed E-state index contributed by atoms with van der Waals surface area (Å²) in [7, 11) is 0. The van der Waals surface area contributed by atoms with Gasteiger partial charge in [0.25, 0.3) is 0 Å². The number of rotatable bonds is 5. The van der Waals surface area contributed by atoms with E-state index in [0.29, 0.717) is 12.3 Å². The van der Waals surface area contributed by atoms with Gasteiger partial charge in [-0.1, -0.05) is 13.8 Å². The van der Waals surface area contributed by atoms with Crippen molar-refractivity contribution in [3.05, 3.63) is 18.1 Å². The molecule has 0 aromatic carbocycles. The lowest BCUT2D eigenvalue weighted by Gasteiger charge is -2.21. The van der Waals surface area contributed by atoms with Crippen LogP contribution < -0.4 is 4.90 Å². The van der Waals surface area contributed by atoms with Gasteiger partial charge in [-0.05, 0) is 12.8 Å². The lowest BCUT2D eigenvalue weighted by atomic mass is 10.1. The van der Waals surface area contributed by atoms with Crippen LogP contribution in [0, 0.1) is 11.3 Å². The Bertz CT molecular complexity index is 368. The maximum absolute atomic E-state index is 8.59. The molecule has 1 heterocycles. The van der Waals surface area contributed by atoms with E-state index in [1.54, 1.807) is 6.33 Å². The minimum absolute atomic E-state index is 0.399. The molecule has 0 amide bonds. The van der Waals surface area contributed by atoms with Crippen molar-refractivity contribution in [3.63, 3.8) is 0 Å². The average Bonchev–Trinajstić information content (AvgIpc) is 2.30. The first kappa shape index (κ1) is 12.4. The van der Waals surface area contributed by atoms with E-state index < -0.39 is 0 Å². The summed E-state index contributed by atoms with van der Waals surface area (Å²) in [6, 6.07) is 4.16. The number of aromatic nitrogens is 2. The van der Waals surface area contributed by atoms with Crippen LogP contribution in [0.1, 0.15) is 38.8 Å². The van der Waals surface area contributed by atoms with Crippen LogP contribution in [0.2, 0.25) is 0 Å². The molecule has 1 aromatic rings. The smallest absolute Gasteiger partial charge is 0.132 e. The highest BCUT2D eigenvalue weighted by molar-refractivity contribution is 5.39. The van der Waals surface area contributed by atoms with E-state index in [2.05, 4.69) is 41.7 Å². The predicted octanol–water partition coefficient (Wildman–Crippen LogP) is 2.34. The van der Waals surface area contributed by atoms with E-state index in [1.807, 2.05) is 6.07 Å². The molecule has 4 heteroatoms. The zero-order valence-corrected chi connectivity index (χ0v) is 10.1. The Balaban J connectivity index is 2.84. The summed E-state index contributed by atoms with van der Waals surface area (Å²) in [5, 5.41) is 8.59. The molecule has 86 valence electrons. The van der Waals surface area contributed by atoms with Crippen molar-refractivity contribution in [2.75, 3.05) is 18.0 Å². The fourth-order valence-electron chi connectivity index (χ4n) is 1.47. The quantitative estimate of drug-likeness (QED) is 0.761. The number of hydrogen-bond donors (Lipinski definition) is 0. The Hall–Kier alpha value is -1.63. The Labute approximate surface area is 96.9 Å². The summed E-state index contributed by atoms with van der Waals surface area (Å²) in [5.74, 6) is 1.31. The van der Waals surface area contributed by atoms with Crippen molar-refractivity contribution in [2.45, 2.75) is 33.1 Å². The molecule has 0 spiro atoms. The summed E-state index contributed by atoms with van der Waals surface area (Å²) in [6.07, 6.45) is 2.12. The molecular formula is C12H18N4. The van der Waals surface area contributed by atoms with E-state index in [1.165, 1.54) is 0 Å². The van der Waals surface area contributed by atoms with Gasteiger partial charge in [0, 0.05) is 24.8 Å². The second kappa shape index (κ2) is 6.06. The van der Waals surface area contributed by atoms with Gasteiger partial charge in [0.15, 0.2) is 0 Å². The molecule has 0 atom stereocenters. The van der Waals surface area contributed by atoms with Crippen molar-refractivity contribution in [3.8, 4) is 6.07 Å². The second-order valence-corrected chi connectivity index (χ2v) is 3.94. The summed E-state index contributed by atoms with van der Waals surface area (Å²) in [5.41, 5.74) is 1.04. The van der Waals surface area contributed by atoms with Gasteiger partial charge < -0.3 is 4.90 Å². The van der Waals surface area contributed by atoms with E-state index in [4.69, 9.17) is 5.26 Å². The summed E-state index contributed by atoms with van der Waals surface area (Å²) in [6.45, 7) is 7.86. The molecule has 0 saturated heterocycles. The number of nitrogens with zero attached hydrogens (tertiary/aromatic N) is 4. The second-order valence-electron chi connectivity index (χ2n) is 3.94. The maximum atomic E-state index is 8.59. The molecular weight excluding hydrogens is 200 g/mol. The summed E-state index contributed by atoms with van der Waals surface area (Å²) < 4.78 is 0. The molecule has 0 aliphatic heterocycles. The first-order valence-electron chi connectivity index (χ1n) is 5.62. The Morgan fingerprint density at radius 3 is 2.75 bits per heavy atom. The maximum Gasteiger partial charge on any atom is 0.132 e. The first-order valence-corrected chi connectivity index (χ1v) is 5.62. The largest absolute Gasteiger partial charge is 0.356 e. The standard InChI is InChI=1S/C12H18N4/c1-4-16(7-5-6-13)12-8-11(10(2)3)14-9-15-12/h8-10H,4-5,7H2,1-3H3. The van der Waals surface area contributed by atoms with E-state index in [0.717, 1.165) is 24.6 Å². The molecule has 0 aliphatic carbocycles. The van der Waals surface area contributed by atoms with Crippen LogP contribution in [-0.4, -0.2) is 23.1 Å². The van der Waals surface area contributed by atoms with Gasteiger partial charge in [-0.25, -0.2) is 9.97 Å². The SMILES string of the molecule is CCN(CCC#N)c1cc(C(C)C)ncn1. The summed E-state index contributed by atoms with van der Waals surface area (Å²) >= 11 is 0. The van der Waals surface area contributed by atoms with Gasteiger partial charge in [-0.2, -0.15) is 5.26 Å². The molecule has 1 rings (SSSR count). The van der Waals surface area contributed by atoms with Crippen molar-refractivity contribution in [2.24, 2.45) is 0 Å². The topological polar surface area (TPSA) is 52.8 Å². The molecule has 0 aliphatic rings. The van der Waals surface area contributed by atoms with Crippen LogP contribution in [0.4, 0.5) is 5.82 Å². The molecule has 0 fully saturated rings. The minimum atomic E-state index is 0.399. The van der Waals surface area contributed by atoms with E-state index in [9.17, 15) is 0 Å². The van der Waals surface area contributed by atoms with Gasteiger partial charge >= 0.3 is 0 Å². The lowest BCUT2D eigenvalue weighted by molar-refractivity contribution is 0.780. The van der Waals surface area contributed by atoms with Gasteiger partial charge in [0.1, 0.15) is 12.1 Å². The Kier molecular flexibility index (Phi) is 4.71. The third-order valence-electron chi connectivity index (χ3n) is 2.46. The van der Waals surface area contributed by atoms with Gasteiger partial charge in [-0.3, -0.25) is 0 Å². The lowest BCUT2D eigenvalue weighted by Crippen LogP contribution is -2.25. The Morgan fingerprint density at radius 2 is 2.19 bits per heavy atom. The van der Waals surface area contributed by atoms with Crippen molar-refractivity contribution >= 4 is 5.82 Å². The fourth-order valence-corrected chi connectivity index (χ4v) is 1.47. The third-order valence-corrected chi connectivity index (χ3v) is 2.46. The monoisotopic (exact) mass is 218 g/mol. The molecule has 0 bridgehead atoms. The van der Waals surface area contributed by atoms with Crippen molar-refractivity contribution < 1.29 is 0 Å². The van der Waals surface area contributed by atoms with Gasteiger partial charge in [-0.15, -0.1) is 0 Å². The third kappa shape index (κ3) is 3.20. The zero-order valence-electron chi connectivity index (χ0n) is 10.1. The van der Waals surface area contributed by atoms with Crippen LogP contribution >= 0.6 is 0 Å². The molecule has 0 saturated carbocycles.